The number of hydrogen-bond donors (Lipinski definition) is 1. The molecular weight excluding hydrogens is 392 g/mol. The lowest BCUT2D eigenvalue weighted by Crippen LogP contribution is -2.27. The van der Waals surface area contributed by atoms with Crippen molar-refractivity contribution in [3.63, 3.8) is 0 Å². The number of nitrogens with one attached hydrogen (secondary N) is 1. The molecule has 1 atom stereocenters. The van der Waals surface area contributed by atoms with Gasteiger partial charge in [-0.2, -0.15) is 0 Å². The first-order valence-corrected chi connectivity index (χ1v) is 11.9. The van der Waals surface area contributed by atoms with Crippen LogP contribution in [-0.4, -0.2) is 19.9 Å². The van der Waals surface area contributed by atoms with Gasteiger partial charge in [0.15, 0.2) is 11.7 Å². The second-order valence-electron chi connectivity index (χ2n) is 7.33. The predicted molar refractivity (Wildman–Crippen MR) is 111 cm³/mol. The number of benzene rings is 1. The van der Waals surface area contributed by atoms with E-state index in [0.29, 0.717) is 22.4 Å². The van der Waals surface area contributed by atoms with Crippen molar-refractivity contribution < 1.29 is 12.8 Å². The summed E-state index contributed by atoms with van der Waals surface area (Å²) in [6.07, 6.45) is 6.38. The Morgan fingerprint density at radius 2 is 1.93 bits per heavy atom. The SMILES string of the molecule is CC(CNS(=O)(=O)c1ccc(-c2cnc(C3CCCC3)o2)s1)c1ccccc1. The van der Waals surface area contributed by atoms with E-state index in [2.05, 4.69) is 9.71 Å². The van der Waals surface area contributed by atoms with E-state index in [1.165, 1.54) is 24.2 Å². The molecule has 1 aromatic carbocycles. The molecule has 2 aromatic heterocycles. The van der Waals surface area contributed by atoms with Crippen LogP contribution in [0.15, 0.2) is 57.3 Å². The minimum atomic E-state index is -3.55. The average Bonchev–Trinajstić information content (AvgIpc) is 3.47. The Balaban J connectivity index is 1.44. The van der Waals surface area contributed by atoms with Crippen LogP contribution in [0.5, 0.6) is 0 Å². The molecule has 1 N–H and O–H groups in total. The van der Waals surface area contributed by atoms with Crippen LogP contribution in [-0.2, 0) is 10.0 Å². The minimum Gasteiger partial charge on any atom is -0.440 e. The molecule has 0 bridgehead atoms. The first-order chi connectivity index (χ1) is 13.5. The Bertz CT molecular complexity index is 1020. The van der Waals surface area contributed by atoms with Crippen molar-refractivity contribution in [3.05, 3.63) is 60.1 Å². The summed E-state index contributed by atoms with van der Waals surface area (Å²) in [7, 11) is -3.55. The first kappa shape index (κ1) is 19.4. The third-order valence-corrected chi connectivity index (χ3v) is 8.28. The van der Waals surface area contributed by atoms with Crippen molar-refractivity contribution in [1.29, 1.82) is 0 Å². The standard InChI is InChI=1S/C21H24N2O3S2/c1-15(16-7-3-2-4-8-16)13-23-28(24,25)20-12-11-19(27-20)18-14-22-21(26-18)17-9-5-6-10-17/h2-4,7-8,11-12,14-15,17,23H,5-6,9-10,13H2,1H3. The topological polar surface area (TPSA) is 72.2 Å². The molecular formula is C21H24N2O3S2. The molecule has 0 amide bonds. The van der Waals surface area contributed by atoms with Gasteiger partial charge in [0.05, 0.1) is 11.1 Å². The Hall–Kier alpha value is -1.96. The molecule has 0 spiro atoms. The summed E-state index contributed by atoms with van der Waals surface area (Å²) >= 11 is 1.21. The van der Waals surface area contributed by atoms with Gasteiger partial charge < -0.3 is 4.42 Å². The summed E-state index contributed by atoms with van der Waals surface area (Å²) in [5.74, 6) is 1.92. The van der Waals surface area contributed by atoms with E-state index < -0.39 is 10.0 Å². The monoisotopic (exact) mass is 416 g/mol. The molecule has 1 unspecified atom stereocenters. The molecule has 28 heavy (non-hydrogen) atoms. The molecule has 1 saturated carbocycles. The quantitative estimate of drug-likeness (QED) is 0.579. The lowest BCUT2D eigenvalue weighted by Gasteiger charge is -2.12. The lowest BCUT2D eigenvalue weighted by molar-refractivity contribution is 0.458. The lowest BCUT2D eigenvalue weighted by atomic mass is 10.0. The zero-order valence-corrected chi connectivity index (χ0v) is 17.4. The molecule has 0 radical (unpaired) electrons. The van der Waals surface area contributed by atoms with E-state index in [1.807, 2.05) is 37.3 Å². The molecule has 7 heteroatoms. The first-order valence-electron chi connectivity index (χ1n) is 9.63. The van der Waals surface area contributed by atoms with Crippen LogP contribution in [0.3, 0.4) is 0 Å². The molecule has 1 fully saturated rings. The highest BCUT2D eigenvalue weighted by molar-refractivity contribution is 7.91. The third kappa shape index (κ3) is 4.21. The Kier molecular flexibility index (Phi) is 5.66. The van der Waals surface area contributed by atoms with Gasteiger partial charge in [0.2, 0.25) is 10.0 Å². The molecule has 1 aliphatic carbocycles. The smallest absolute Gasteiger partial charge is 0.250 e. The van der Waals surface area contributed by atoms with E-state index >= 15 is 0 Å². The highest BCUT2D eigenvalue weighted by Gasteiger charge is 2.23. The van der Waals surface area contributed by atoms with E-state index in [0.717, 1.165) is 29.2 Å². The van der Waals surface area contributed by atoms with Gasteiger partial charge in [-0.1, -0.05) is 50.1 Å². The maximum atomic E-state index is 12.7. The van der Waals surface area contributed by atoms with Gasteiger partial charge in [-0.05, 0) is 36.5 Å². The molecule has 3 aromatic rings. The largest absolute Gasteiger partial charge is 0.440 e. The van der Waals surface area contributed by atoms with Crippen LogP contribution in [0.1, 0.15) is 55.9 Å². The van der Waals surface area contributed by atoms with Crippen molar-refractivity contribution in [3.8, 4) is 10.6 Å². The van der Waals surface area contributed by atoms with E-state index in [4.69, 9.17) is 4.42 Å². The van der Waals surface area contributed by atoms with Crippen LogP contribution in [0.25, 0.3) is 10.6 Å². The number of rotatable bonds is 7. The number of aromatic nitrogens is 1. The molecule has 1 aliphatic rings. The zero-order chi connectivity index (χ0) is 19.6. The maximum Gasteiger partial charge on any atom is 0.250 e. The second kappa shape index (κ2) is 8.19. The zero-order valence-electron chi connectivity index (χ0n) is 15.8. The molecule has 4 rings (SSSR count). The summed E-state index contributed by atoms with van der Waals surface area (Å²) < 4.78 is 34.3. The van der Waals surface area contributed by atoms with Gasteiger partial charge in [0.25, 0.3) is 0 Å². The highest BCUT2D eigenvalue weighted by Crippen LogP contribution is 2.37. The van der Waals surface area contributed by atoms with Crippen LogP contribution >= 0.6 is 11.3 Å². The van der Waals surface area contributed by atoms with E-state index in [1.54, 1.807) is 18.3 Å². The minimum absolute atomic E-state index is 0.0960. The van der Waals surface area contributed by atoms with Gasteiger partial charge >= 0.3 is 0 Å². The summed E-state index contributed by atoms with van der Waals surface area (Å²) in [4.78, 5) is 5.20. The third-order valence-electron chi connectivity index (χ3n) is 5.27. The van der Waals surface area contributed by atoms with E-state index in [9.17, 15) is 8.42 Å². The van der Waals surface area contributed by atoms with Crippen molar-refractivity contribution in [2.45, 2.75) is 48.7 Å². The number of oxazole rings is 1. The van der Waals surface area contributed by atoms with Crippen molar-refractivity contribution in [2.75, 3.05) is 6.54 Å². The average molecular weight is 417 g/mol. The Morgan fingerprint density at radius 3 is 2.68 bits per heavy atom. The molecule has 5 nitrogen and oxygen atoms in total. The second-order valence-corrected chi connectivity index (χ2v) is 10.4. The van der Waals surface area contributed by atoms with Gasteiger partial charge in [0, 0.05) is 12.5 Å². The molecule has 2 heterocycles. The number of thiophene rings is 1. The Morgan fingerprint density at radius 1 is 1.18 bits per heavy atom. The van der Waals surface area contributed by atoms with Gasteiger partial charge in [-0.3, -0.25) is 0 Å². The summed E-state index contributed by atoms with van der Waals surface area (Å²) in [5.41, 5.74) is 1.11. The van der Waals surface area contributed by atoms with Gasteiger partial charge in [-0.15, -0.1) is 11.3 Å². The number of hydrogen-bond acceptors (Lipinski definition) is 5. The fourth-order valence-electron chi connectivity index (χ4n) is 3.57. The summed E-state index contributed by atoms with van der Waals surface area (Å²) in [6.45, 7) is 2.37. The van der Waals surface area contributed by atoms with Crippen molar-refractivity contribution in [2.24, 2.45) is 0 Å². The van der Waals surface area contributed by atoms with Gasteiger partial charge in [0.1, 0.15) is 4.21 Å². The normalized spacial score (nSPS) is 16.5. The van der Waals surface area contributed by atoms with Crippen LogP contribution < -0.4 is 4.72 Å². The molecule has 0 saturated heterocycles. The molecule has 148 valence electrons. The maximum absolute atomic E-state index is 12.7. The summed E-state index contributed by atoms with van der Waals surface area (Å²) in [5, 5.41) is 0. The van der Waals surface area contributed by atoms with Gasteiger partial charge in [-0.25, -0.2) is 18.1 Å². The van der Waals surface area contributed by atoms with Crippen LogP contribution in [0.2, 0.25) is 0 Å². The van der Waals surface area contributed by atoms with Crippen LogP contribution in [0, 0.1) is 0 Å². The molecule has 0 aliphatic heterocycles. The van der Waals surface area contributed by atoms with Crippen LogP contribution in [0.4, 0.5) is 0 Å². The highest BCUT2D eigenvalue weighted by atomic mass is 32.2. The summed E-state index contributed by atoms with van der Waals surface area (Å²) in [6, 6.07) is 13.3. The number of sulfonamides is 1. The fraction of sp³-hybridized carbons (Fsp3) is 0.381. The Labute approximate surface area is 169 Å². The van der Waals surface area contributed by atoms with Crippen molar-refractivity contribution in [1.82, 2.24) is 9.71 Å². The number of nitrogens with zero attached hydrogens (tertiary/aromatic N) is 1. The fourth-order valence-corrected chi connectivity index (χ4v) is 5.99. The van der Waals surface area contributed by atoms with E-state index in [-0.39, 0.29) is 5.92 Å². The van der Waals surface area contributed by atoms with Crippen molar-refractivity contribution >= 4 is 21.4 Å². The predicted octanol–water partition coefficient (Wildman–Crippen LogP) is 5.14.